The van der Waals surface area contributed by atoms with Gasteiger partial charge in [0.15, 0.2) is 11.5 Å². The van der Waals surface area contributed by atoms with Crippen LogP contribution in [0, 0.1) is 5.82 Å². The van der Waals surface area contributed by atoms with Crippen LogP contribution in [0.3, 0.4) is 0 Å². The van der Waals surface area contributed by atoms with Crippen LogP contribution < -0.4 is 5.32 Å². The first-order valence-corrected chi connectivity index (χ1v) is 13.5. The predicted octanol–water partition coefficient (Wildman–Crippen LogP) is 4.02. The molecule has 1 saturated carbocycles. The van der Waals surface area contributed by atoms with Crippen molar-refractivity contribution in [2.75, 3.05) is 7.11 Å². The summed E-state index contributed by atoms with van der Waals surface area (Å²) in [6, 6.07) is 3.55. The molecule has 14 heteroatoms. The predicted molar refractivity (Wildman–Crippen MR) is 151 cm³/mol. The Balaban J connectivity index is 1.10. The lowest BCUT2D eigenvalue weighted by Crippen LogP contribution is -2.12. The Hall–Kier alpha value is -5.04. The Morgan fingerprint density at radius 1 is 1.24 bits per heavy atom. The fraction of sp³-hybridized carbons (Fsp3) is 0.214. The molecule has 0 aromatic carbocycles. The molecule has 6 aromatic rings. The van der Waals surface area contributed by atoms with Gasteiger partial charge in [-0.1, -0.05) is 23.4 Å². The first-order valence-electron chi connectivity index (χ1n) is 13.2. The molecule has 12 nitrogen and oxygen atoms in total. The molecule has 42 heavy (non-hydrogen) atoms. The van der Waals surface area contributed by atoms with Crippen molar-refractivity contribution in [3.05, 3.63) is 101 Å². The minimum Gasteiger partial charge on any atom is -0.465 e. The maximum atomic E-state index is 14.6. The number of halogens is 2. The number of fused-ring (bicyclic) bond motifs is 2. The van der Waals surface area contributed by atoms with Crippen LogP contribution in [0.15, 0.2) is 62.2 Å². The SMILES string of the molecule is C=C(NCc1ncn2ccc(Cl)c(F)c12)c1cn(Cc2cn3cc(C4CC4)cc(-n4cc(C(=O)OC)cn4)c3n2)nn1. The number of hydrogen-bond donors (Lipinski definition) is 1. The summed E-state index contributed by atoms with van der Waals surface area (Å²) in [5.74, 6) is -0.478. The van der Waals surface area contributed by atoms with Gasteiger partial charge in [-0.2, -0.15) is 5.10 Å². The molecule has 1 fully saturated rings. The molecule has 0 radical (unpaired) electrons. The molecule has 7 rings (SSSR count). The van der Waals surface area contributed by atoms with Crippen molar-refractivity contribution in [3.8, 4) is 5.69 Å². The largest absolute Gasteiger partial charge is 0.465 e. The Kier molecular flexibility index (Phi) is 6.23. The summed E-state index contributed by atoms with van der Waals surface area (Å²) in [6.45, 7) is 4.64. The van der Waals surface area contributed by atoms with E-state index in [0.717, 1.165) is 24.2 Å². The highest BCUT2D eigenvalue weighted by Crippen LogP contribution is 2.41. The van der Waals surface area contributed by atoms with Crippen LogP contribution in [0.4, 0.5) is 4.39 Å². The molecule has 0 spiro atoms. The van der Waals surface area contributed by atoms with Gasteiger partial charge in [0.1, 0.15) is 16.9 Å². The Bertz CT molecular complexity index is 2000. The number of carbonyl (C=O) groups excluding carboxylic acids is 1. The Labute approximate surface area is 243 Å². The molecule has 0 atom stereocenters. The molecule has 0 saturated heterocycles. The summed E-state index contributed by atoms with van der Waals surface area (Å²) in [6.07, 6.45) is 14.4. The summed E-state index contributed by atoms with van der Waals surface area (Å²) in [4.78, 5) is 21.1. The van der Waals surface area contributed by atoms with E-state index in [1.54, 1.807) is 32.4 Å². The molecule has 0 unspecified atom stereocenters. The van der Waals surface area contributed by atoms with Crippen LogP contribution in [0.25, 0.3) is 22.5 Å². The van der Waals surface area contributed by atoms with Gasteiger partial charge in [0.25, 0.3) is 0 Å². The van der Waals surface area contributed by atoms with Crippen molar-refractivity contribution >= 4 is 34.4 Å². The summed E-state index contributed by atoms with van der Waals surface area (Å²) in [7, 11) is 1.34. The first kappa shape index (κ1) is 25.9. The van der Waals surface area contributed by atoms with E-state index in [-0.39, 0.29) is 11.6 Å². The standard InChI is InChI=1S/C28H24ClFN10O2/c1-16(31-9-22-26-25(30)21(29)5-6-37(26)15-32-22)23-14-39(36-35-23)13-20-12-38-10-18(17-3-4-17)7-24(27(38)34-20)40-11-19(8-33-40)28(41)42-2/h5-8,10-12,14-15,17,31H,1,3-4,9,13H2,2H3. The summed E-state index contributed by atoms with van der Waals surface area (Å²) in [5, 5.41) is 16.0. The van der Waals surface area contributed by atoms with E-state index in [9.17, 15) is 9.18 Å². The fourth-order valence-corrected chi connectivity index (χ4v) is 5.04. The number of esters is 1. The second-order valence-corrected chi connectivity index (χ2v) is 10.5. The van der Waals surface area contributed by atoms with Crippen molar-refractivity contribution < 1.29 is 13.9 Å². The van der Waals surface area contributed by atoms with E-state index < -0.39 is 11.8 Å². The smallest absolute Gasteiger partial charge is 0.341 e. The minimum absolute atomic E-state index is 0.0319. The fourth-order valence-electron chi connectivity index (χ4n) is 4.89. The molecule has 1 N–H and O–H groups in total. The third-order valence-corrected chi connectivity index (χ3v) is 7.50. The van der Waals surface area contributed by atoms with Gasteiger partial charge in [-0.05, 0) is 36.5 Å². The molecular weight excluding hydrogens is 563 g/mol. The highest BCUT2D eigenvalue weighted by Gasteiger charge is 2.26. The van der Waals surface area contributed by atoms with Crippen LogP contribution in [0.1, 0.15) is 51.8 Å². The van der Waals surface area contributed by atoms with Crippen molar-refractivity contribution in [2.45, 2.75) is 31.8 Å². The van der Waals surface area contributed by atoms with Gasteiger partial charge < -0.3 is 18.9 Å². The van der Waals surface area contributed by atoms with Crippen LogP contribution in [0.5, 0.6) is 0 Å². The van der Waals surface area contributed by atoms with Crippen molar-refractivity contribution in [1.29, 1.82) is 0 Å². The van der Waals surface area contributed by atoms with E-state index in [4.69, 9.17) is 21.3 Å². The quantitative estimate of drug-likeness (QED) is 0.252. The zero-order valence-electron chi connectivity index (χ0n) is 22.4. The van der Waals surface area contributed by atoms with Gasteiger partial charge in [-0.25, -0.2) is 28.5 Å². The highest BCUT2D eigenvalue weighted by atomic mass is 35.5. The second-order valence-electron chi connectivity index (χ2n) is 10.1. The monoisotopic (exact) mass is 586 g/mol. The number of methoxy groups -OCH3 is 1. The first-order chi connectivity index (χ1) is 20.4. The molecular formula is C28H24ClFN10O2. The molecule has 212 valence electrons. The van der Waals surface area contributed by atoms with E-state index in [0.29, 0.717) is 46.3 Å². The average Bonchev–Trinajstić information content (AvgIpc) is 3.36. The number of nitrogens with one attached hydrogen (secondary N) is 1. The molecule has 6 heterocycles. The average molecular weight is 587 g/mol. The molecule has 1 aliphatic rings. The van der Waals surface area contributed by atoms with E-state index in [1.165, 1.54) is 31.3 Å². The number of hydrogen-bond acceptors (Lipinski definition) is 8. The van der Waals surface area contributed by atoms with Gasteiger partial charge >= 0.3 is 5.97 Å². The summed E-state index contributed by atoms with van der Waals surface area (Å²) < 4.78 is 26.3. The third-order valence-electron chi connectivity index (χ3n) is 7.21. The Morgan fingerprint density at radius 3 is 2.90 bits per heavy atom. The molecule has 0 aliphatic heterocycles. The summed E-state index contributed by atoms with van der Waals surface area (Å²) >= 11 is 5.95. The number of nitrogens with zero attached hydrogens (tertiary/aromatic N) is 9. The van der Waals surface area contributed by atoms with E-state index in [1.807, 2.05) is 10.6 Å². The molecule has 0 amide bonds. The zero-order valence-corrected chi connectivity index (χ0v) is 23.2. The van der Waals surface area contributed by atoms with Crippen molar-refractivity contribution in [1.82, 2.24) is 48.9 Å². The maximum absolute atomic E-state index is 14.6. The lowest BCUT2D eigenvalue weighted by atomic mass is 10.2. The van der Waals surface area contributed by atoms with Gasteiger partial charge in [-0.15, -0.1) is 5.10 Å². The molecule has 6 aromatic heterocycles. The second kappa shape index (κ2) is 10.1. The number of carbonyl (C=O) groups is 1. The number of rotatable bonds is 9. The van der Waals surface area contributed by atoms with Gasteiger partial charge in [0.2, 0.25) is 0 Å². The Morgan fingerprint density at radius 2 is 2.10 bits per heavy atom. The van der Waals surface area contributed by atoms with E-state index in [2.05, 4.69) is 44.6 Å². The summed E-state index contributed by atoms with van der Waals surface area (Å²) in [5.41, 5.74) is 5.61. The van der Waals surface area contributed by atoms with E-state index >= 15 is 0 Å². The number of ether oxygens (including phenoxy) is 1. The number of pyridine rings is 2. The normalized spacial score (nSPS) is 13.2. The zero-order chi connectivity index (χ0) is 29.0. The van der Waals surface area contributed by atoms with Gasteiger partial charge in [-0.3, -0.25) is 0 Å². The van der Waals surface area contributed by atoms with Crippen molar-refractivity contribution in [3.63, 3.8) is 0 Å². The van der Waals surface area contributed by atoms with Crippen molar-refractivity contribution in [2.24, 2.45) is 0 Å². The van der Waals surface area contributed by atoms with Crippen LogP contribution >= 0.6 is 11.6 Å². The maximum Gasteiger partial charge on any atom is 0.341 e. The lowest BCUT2D eigenvalue weighted by Gasteiger charge is -2.07. The van der Waals surface area contributed by atoms with Crippen LogP contribution in [-0.2, 0) is 17.8 Å². The van der Waals surface area contributed by atoms with Crippen LogP contribution in [-0.4, -0.2) is 56.6 Å². The number of aromatic nitrogens is 9. The highest BCUT2D eigenvalue weighted by molar-refractivity contribution is 6.31. The van der Waals surface area contributed by atoms with Gasteiger partial charge in [0, 0.05) is 24.8 Å². The third kappa shape index (κ3) is 4.67. The van der Waals surface area contributed by atoms with Gasteiger partial charge in [0.05, 0.1) is 66.6 Å². The van der Waals surface area contributed by atoms with Crippen LogP contribution in [0.2, 0.25) is 5.02 Å². The lowest BCUT2D eigenvalue weighted by molar-refractivity contribution is 0.0600. The molecule has 1 aliphatic carbocycles. The minimum atomic E-state index is -0.527. The number of imidazole rings is 2. The molecule has 0 bridgehead atoms. The topological polar surface area (TPSA) is 121 Å².